The van der Waals surface area contributed by atoms with E-state index in [9.17, 15) is 0 Å². The Bertz CT molecular complexity index is 488. The lowest BCUT2D eigenvalue weighted by Crippen LogP contribution is -2.15. The van der Waals surface area contributed by atoms with Crippen molar-refractivity contribution in [3.05, 3.63) is 59.4 Å². The molecule has 0 aliphatic carbocycles. The summed E-state index contributed by atoms with van der Waals surface area (Å²) < 4.78 is 2.29. The number of nitrogens with one attached hydrogen (secondary N) is 1. The largest absolute Gasteiger partial charge is 0.392 e. The summed E-state index contributed by atoms with van der Waals surface area (Å²) in [4.78, 5) is 0. The highest BCUT2D eigenvalue weighted by atomic mass is 16.3. The first kappa shape index (κ1) is 13.8. The van der Waals surface area contributed by atoms with Crippen LogP contribution in [0.15, 0.2) is 42.6 Å². The Kier molecular flexibility index (Phi) is 5.19. The van der Waals surface area contributed by atoms with Crippen LogP contribution in [-0.2, 0) is 26.2 Å². The molecule has 0 aliphatic heterocycles. The highest BCUT2D eigenvalue weighted by Crippen LogP contribution is 2.06. The van der Waals surface area contributed by atoms with E-state index in [4.69, 9.17) is 5.11 Å². The summed E-state index contributed by atoms with van der Waals surface area (Å²) in [6.45, 7) is 5.12. The number of hydrogen-bond acceptors (Lipinski definition) is 2. The van der Waals surface area contributed by atoms with E-state index in [1.165, 1.54) is 11.3 Å². The van der Waals surface area contributed by atoms with Crippen LogP contribution in [0.4, 0.5) is 0 Å². The molecule has 0 fully saturated rings. The zero-order chi connectivity index (χ0) is 13.5. The van der Waals surface area contributed by atoms with Crippen LogP contribution in [0, 0.1) is 0 Å². The average Bonchev–Trinajstić information content (AvgIpc) is 2.88. The molecular formula is C16H22N2O. The zero-order valence-electron chi connectivity index (χ0n) is 11.5. The van der Waals surface area contributed by atoms with Crippen LogP contribution in [0.25, 0.3) is 0 Å². The van der Waals surface area contributed by atoms with Crippen LogP contribution in [0.2, 0.25) is 0 Å². The van der Waals surface area contributed by atoms with Gasteiger partial charge in [-0.25, -0.2) is 0 Å². The lowest BCUT2D eigenvalue weighted by molar-refractivity contribution is 0.282. The van der Waals surface area contributed by atoms with Gasteiger partial charge >= 0.3 is 0 Å². The maximum absolute atomic E-state index is 8.99. The number of benzene rings is 1. The van der Waals surface area contributed by atoms with Crippen LogP contribution >= 0.6 is 0 Å². The number of aryl methyl sites for hydroxylation is 1. The molecule has 0 saturated heterocycles. The molecule has 0 saturated carbocycles. The molecule has 19 heavy (non-hydrogen) atoms. The second-order valence-electron chi connectivity index (χ2n) is 4.77. The van der Waals surface area contributed by atoms with Gasteiger partial charge in [-0.3, -0.25) is 0 Å². The third kappa shape index (κ3) is 3.94. The molecule has 0 atom stereocenters. The Morgan fingerprint density at radius 1 is 1.05 bits per heavy atom. The van der Waals surface area contributed by atoms with Gasteiger partial charge in [0.15, 0.2) is 0 Å². The molecule has 1 aromatic heterocycles. The van der Waals surface area contributed by atoms with Crippen molar-refractivity contribution >= 4 is 0 Å². The van der Waals surface area contributed by atoms with Gasteiger partial charge in [-0.2, -0.15) is 0 Å². The van der Waals surface area contributed by atoms with Crippen molar-refractivity contribution in [3.8, 4) is 0 Å². The lowest BCUT2D eigenvalue weighted by Gasteiger charge is -2.09. The van der Waals surface area contributed by atoms with E-state index in [0.29, 0.717) is 0 Å². The minimum absolute atomic E-state index is 0.109. The summed E-state index contributed by atoms with van der Waals surface area (Å²) in [7, 11) is 0. The van der Waals surface area contributed by atoms with Crippen LogP contribution in [-0.4, -0.2) is 9.67 Å². The Labute approximate surface area is 114 Å². The molecule has 2 rings (SSSR count). The summed E-state index contributed by atoms with van der Waals surface area (Å²) in [6, 6.07) is 12.3. The van der Waals surface area contributed by atoms with Gasteiger partial charge in [-0.1, -0.05) is 31.2 Å². The molecule has 1 heterocycles. The number of aromatic nitrogens is 1. The van der Waals surface area contributed by atoms with Gasteiger partial charge in [-0.15, -0.1) is 0 Å². The third-order valence-corrected chi connectivity index (χ3v) is 3.23. The molecule has 2 N–H and O–H groups in total. The Morgan fingerprint density at radius 2 is 1.79 bits per heavy atom. The molecule has 1 aromatic carbocycles. The highest BCUT2D eigenvalue weighted by Gasteiger charge is 2.00. The van der Waals surface area contributed by atoms with Gasteiger partial charge in [0.1, 0.15) is 0 Å². The van der Waals surface area contributed by atoms with Crippen molar-refractivity contribution in [1.29, 1.82) is 0 Å². The molecular weight excluding hydrogens is 236 g/mol. The first-order valence-corrected chi connectivity index (χ1v) is 6.87. The maximum Gasteiger partial charge on any atom is 0.0681 e. The van der Waals surface area contributed by atoms with Crippen molar-refractivity contribution in [2.75, 3.05) is 0 Å². The Balaban J connectivity index is 1.83. The van der Waals surface area contributed by atoms with E-state index in [1.54, 1.807) is 0 Å². The zero-order valence-corrected chi connectivity index (χ0v) is 11.5. The SMILES string of the molecule is CCCn1cccc1CNCc1ccc(CO)cc1. The van der Waals surface area contributed by atoms with Crippen LogP contribution < -0.4 is 5.32 Å². The van der Waals surface area contributed by atoms with Crippen LogP contribution in [0.1, 0.15) is 30.2 Å². The molecule has 3 heteroatoms. The minimum atomic E-state index is 0.109. The number of aliphatic hydroxyl groups excluding tert-OH is 1. The van der Waals surface area contributed by atoms with E-state index in [1.807, 2.05) is 12.1 Å². The second kappa shape index (κ2) is 7.12. The molecule has 0 unspecified atom stereocenters. The summed E-state index contributed by atoms with van der Waals surface area (Å²) in [5.41, 5.74) is 3.53. The fraction of sp³-hybridized carbons (Fsp3) is 0.375. The lowest BCUT2D eigenvalue weighted by atomic mass is 10.1. The van der Waals surface area contributed by atoms with E-state index in [2.05, 4.69) is 47.3 Å². The van der Waals surface area contributed by atoms with Crippen molar-refractivity contribution in [2.45, 2.75) is 39.6 Å². The number of rotatable bonds is 7. The summed E-state index contributed by atoms with van der Waals surface area (Å²) in [6.07, 6.45) is 3.29. The van der Waals surface area contributed by atoms with Crippen LogP contribution in [0.5, 0.6) is 0 Å². The van der Waals surface area contributed by atoms with E-state index in [-0.39, 0.29) is 6.61 Å². The summed E-state index contributed by atoms with van der Waals surface area (Å²) in [5, 5.41) is 12.4. The quantitative estimate of drug-likeness (QED) is 0.801. The standard InChI is InChI=1S/C16H22N2O/c1-2-9-18-10-3-4-16(18)12-17-11-14-5-7-15(13-19)8-6-14/h3-8,10,17,19H,2,9,11-13H2,1H3. The van der Waals surface area contributed by atoms with Gasteiger partial charge in [-0.05, 0) is 29.7 Å². The smallest absolute Gasteiger partial charge is 0.0681 e. The number of aliphatic hydroxyl groups is 1. The molecule has 0 bridgehead atoms. The van der Waals surface area contributed by atoms with Crippen molar-refractivity contribution < 1.29 is 5.11 Å². The van der Waals surface area contributed by atoms with Gasteiger partial charge in [0, 0.05) is 31.5 Å². The van der Waals surface area contributed by atoms with Crippen molar-refractivity contribution in [3.63, 3.8) is 0 Å². The minimum Gasteiger partial charge on any atom is -0.392 e. The third-order valence-electron chi connectivity index (χ3n) is 3.23. The summed E-state index contributed by atoms with van der Waals surface area (Å²) in [5.74, 6) is 0. The number of nitrogens with zero attached hydrogens (tertiary/aromatic N) is 1. The molecule has 0 amide bonds. The highest BCUT2D eigenvalue weighted by molar-refractivity contribution is 5.21. The predicted octanol–water partition coefficient (Wildman–Crippen LogP) is 2.68. The predicted molar refractivity (Wildman–Crippen MR) is 77.6 cm³/mol. The summed E-state index contributed by atoms with van der Waals surface area (Å²) >= 11 is 0. The van der Waals surface area contributed by atoms with E-state index >= 15 is 0 Å². The molecule has 3 nitrogen and oxygen atoms in total. The van der Waals surface area contributed by atoms with E-state index < -0.39 is 0 Å². The molecule has 0 aliphatic rings. The van der Waals surface area contributed by atoms with E-state index in [0.717, 1.165) is 31.6 Å². The van der Waals surface area contributed by atoms with Crippen molar-refractivity contribution in [2.24, 2.45) is 0 Å². The van der Waals surface area contributed by atoms with Gasteiger partial charge < -0.3 is 15.0 Å². The monoisotopic (exact) mass is 258 g/mol. The van der Waals surface area contributed by atoms with Crippen LogP contribution in [0.3, 0.4) is 0 Å². The Hall–Kier alpha value is -1.58. The maximum atomic E-state index is 8.99. The fourth-order valence-electron chi connectivity index (χ4n) is 2.17. The Morgan fingerprint density at radius 3 is 2.47 bits per heavy atom. The molecule has 2 aromatic rings. The van der Waals surface area contributed by atoms with Gasteiger partial charge in [0.2, 0.25) is 0 Å². The molecule has 0 spiro atoms. The fourth-order valence-corrected chi connectivity index (χ4v) is 2.17. The average molecular weight is 258 g/mol. The molecule has 0 radical (unpaired) electrons. The first-order valence-electron chi connectivity index (χ1n) is 6.87. The van der Waals surface area contributed by atoms with Gasteiger partial charge in [0.05, 0.1) is 6.61 Å². The van der Waals surface area contributed by atoms with Gasteiger partial charge in [0.25, 0.3) is 0 Å². The first-order chi connectivity index (χ1) is 9.33. The van der Waals surface area contributed by atoms with Crippen molar-refractivity contribution in [1.82, 2.24) is 9.88 Å². The normalized spacial score (nSPS) is 10.8. The second-order valence-corrected chi connectivity index (χ2v) is 4.77. The number of hydrogen-bond donors (Lipinski definition) is 2. The topological polar surface area (TPSA) is 37.2 Å². The molecule has 102 valence electrons.